The molecule has 5 nitrogen and oxygen atoms in total. The maximum absolute atomic E-state index is 12.7. The molecular formula is C19H16F2N4OS2. The van der Waals surface area contributed by atoms with Gasteiger partial charge in [0.25, 0.3) is 5.76 Å². The van der Waals surface area contributed by atoms with Crippen molar-refractivity contribution in [2.45, 2.75) is 28.5 Å². The van der Waals surface area contributed by atoms with Gasteiger partial charge in [0.05, 0.1) is 17.5 Å². The minimum Gasteiger partial charge on any atom is -0.496 e. The third-order valence-corrected chi connectivity index (χ3v) is 5.84. The number of alkyl halides is 2. The molecule has 2 aromatic heterocycles. The number of aromatic nitrogens is 4. The maximum atomic E-state index is 12.7. The highest BCUT2D eigenvalue weighted by Crippen LogP contribution is 2.35. The number of hydrogen-bond donors (Lipinski definition) is 0. The molecule has 0 aliphatic carbocycles. The average molecular weight is 418 g/mol. The number of hydrogen-bond acceptors (Lipinski definition) is 6. The molecule has 0 aliphatic heterocycles. The summed E-state index contributed by atoms with van der Waals surface area (Å²) in [7, 11) is 1.48. The zero-order chi connectivity index (χ0) is 19.7. The molecule has 28 heavy (non-hydrogen) atoms. The van der Waals surface area contributed by atoms with Crippen LogP contribution in [0.3, 0.4) is 0 Å². The van der Waals surface area contributed by atoms with Crippen LogP contribution < -0.4 is 4.74 Å². The summed E-state index contributed by atoms with van der Waals surface area (Å²) in [5, 5.41) is 6.14. The van der Waals surface area contributed by atoms with Crippen LogP contribution in [0, 0.1) is 6.92 Å². The van der Waals surface area contributed by atoms with Crippen molar-refractivity contribution in [3.05, 3.63) is 53.9 Å². The van der Waals surface area contributed by atoms with Crippen LogP contribution in [-0.2, 0) is 5.75 Å². The lowest BCUT2D eigenvalue weighted by Crippen LogP contribution is -1.99. The van der Waals surface area contributed by atoms with E-state index in [9.17, 15) is 8.78 Å². The SMILES string of the molecule is COc1cc(CSc2nc3ccccc3c3nc(C)nn23)ccc1SC(F)F. The Morgan fingerprint density at radius 1 is 1.14 bits per heavy atom. The molecule has 4 aromatic rings. The molecule has 0 unspecified atom stereocenters. The summed E-state index contributed by atoms with van der Waals surface area (Å²) < 4.78 is 32.3. The van der Waals surface area contributed by atoms with Gasteiger partial charge in [-0.25, -0.2) is 9.97 Å². The van der Waals surface area contributed by atoms with Gasteiger partial charge in [-0.05, 0) is 36.8 Å². The van der Waals surface area contributed by atoms with Crippen LogP contribution in [0.15, 0.2) is 52.5 Å². The van der Waals surface area contributed by atoms with E-state index in [1.165, 1.54) is 18.9 Å². The standard InChI is InChI=1S/C19H16F2N4OS2/c1-11-22-17-13-5-3-4-6-14(13)23-19(25(17)24-11)27-10-12-7-8-16(28-18(20)21)15(9-12)26-2/h3-9,18H,10H2,1-2H3. The number of ether oxygens (including phenoxy) is 1. The smallest absolute Gasteiger partial charge is 0.289 e. The monoisotopic (exact) mass is 418 g/mol. The van der Waals surface area contributed by atoms with E-state index in [1.807, 2.05) is 37.3 Å². The first-order chi connectivity index (χ1) is 13.5. The Kier molecular flexibility index (Phi) is 5.36. The summed E-state index contributed by atoms with van der Waals surface area (Å²) in [5.74, 6) is -0.776. The fraction of sp³-hybridized carbons (Fsp3) is 0.211. The average Bonchev–Trinajstić information content (AvgIpc) is 3.08. The van der Waals surface area contributed by atoms with Crippen molar-refractivity contribution < 1.29 is 13.5 Å². The van der Waals surface area contributed by atoms with Crippen molar-refractivity contribution in [3.63, 3.8) is 0 Å². The molecule has 144 valence electrons. The summed E-state index contributed by atoms with van der Waals surface area (Å²) in [6.07, 6.45) is 0. The number of thioether (sulfide) groups is 2. The topological polar surface area (TPSA) is 52.3 Å². The quantitative estimate of drug-likeness (QED) is 0.317. The third-order valence-electron chi connectivity index (χ3n) is 4.07. The highest BCUT2D eigenvalue weighted by Gasteiger charge is 2.14. The minimum atomic E-state index is -2.49. The fourth-order valence-corrected chi connectivity index (χ4v) is 4.35. The lowest BCUT2D eigenvalue weighted by Gasteiger charge is -2.10. The highest BCUT2D eigenvalue weighted by molar-refractivity contribution is 7.99. The molecular weight excluding hydrogens is 402 g/mol. The molecule has 0 spiro atoms. The lowest BCUT2D eigenvalue weighted by atomic mass is 10.2. The second-order valence-electron chi connectivity index (χ2n) is 5.96. The van der Waals surface area contributed by atoms with Gasteiger partial charge in [0, 0.05) is 11.1 Å². The van der Waals surface area contributed by atoms with Crippen LogP contribution in [-0.4, -0.2) is 32.4 Å². The zero-order valence-corrected chi connectivity index (χ0v) is 16.7. The van der Waals surface area contributed by atoms with Gasteiger partial charge >= 0.3 is 0 Å². The normalized spacial score (nSPS) is 11.6. The van der Waals surface area contributed by atoms with E-state index < -0.39 is 5.76 Å². The Balaban J connectivity index is 1.65. The van der Waals surface area contributed by atoms with Crippen molar-refractivity contribution in [1.29, 1.82) is 0 Å². The Hall–Kier alpha value is -2.39. The fourth-order valence-electron chi connectivity index (χ4n) is 2.87. The van der Waals surface area contributed by atoms with Crippen LogP contribution in [0.2, 0.25) is 0 Å². The van der Waals surface area contributed by atoms with Gasteiger partial charge in [-0.3, -0.25) is 0 Å². The molecule has 4 rings (SSSR count). The van der Waals surface area contributed by atoms with Gasteiger partial charge < -0.3 is 4.74 Å². The molecule has 0 atom stereocenters. The predicted molar refractivity (Wildman–Crippen MR) is 107 cm³/mol. The third kappa shape index (κ3) is 3.77. The van der Waals surface area contributed by atoms with Crippen molar-refractivity contribution in [2.75, 3.05) is 7.11 Å². The summed E-state index contributed by atoms with van der Waals surface area (Å²) in [4.78, 5) is 9.67. The molecule has 0 fully saturated rings. The van der Waals surface area contributed by atoms with E-state index in [4.69, 9.17) is 9.72 Å². The van der Waals surface area contributed by atoms with Crippen LogP contribution in [0.5, 0.6) is 5.75 Å². The lowest BCUT2D eigenvalue weighted by molar-refractivity contribution is 0.251. The Bertz CT molecular complexity index is 1150. The van der Waals surface area contributed by atoms with Crippen molar-refractivity contribution in [3.8, 4) is 5.75 Å². The van der Waals surface area contributed by atoms with Gasteiger partial charge in [-0.2, -0.15) is 13.3 Å². The van der Waals surface area contributed by atoms with Gasteiger partial charge in [0.15, 0.2) is 10.8 Å². The Morgan fingerprint density at radius 2 is 1.96 bits per heavy atom. The second-order valence-corrected chi connectivity index (χ2v) is 7.93. The first-order valence-corrected chi connectivity index (χ1v) is 10.3. The maximum Gasteiger partial charge on any atom is 0.289 e. The van der Waals surface area contributed by atoms with E-state index >= 15 is 0 Å². The van der Waals surface area contributed by atoms with E-state index in [0.717, 1.165) is 27.3 Å². The highest BCUT2D eigenvalue weighted by atomic mass is 32.2. The van der Waals surface area contributed by atoms with E-state index in [0.29, 0.717) is 34.0 Å². The molecule has 0 amide bonds. The summed E-state index contributed by atoms with van der Waals surface area (Å²) in [6, 6.07) is 13.1. The van der Waals surface area contributed by atoms with Crippen molar-refractivity contribution in [1.82, 2.24) is 19.6 Å². The molecule has 2 heterocycles. The van der Waals surface area contributed by atoms with Crippen molar-refractivity contribution >= 4 is 40.1 Å². The summed E-state index contributed by atoms with van der Waals surface area (Å²) >= 11 is 1.99. The molecule has 0 aliphatic rings. The minimum absolute atomic E-state index is 0.421. The molecule has 0 saturated heterocycles. The molecule has 0 bridgehead atoms. The number of benzene rings is 2. The second kappa shape index (κ2) is 7.92. The number of aryl methyl sites for hydroxylation is 1. The number of rotatable bonds is 6. The van der Waals surface area contributed by atoms with Crippen LogP contribution >= 0.6 is 23.5 Å². The zero-order valence-electron chi connectivity index (χ0n) is 15.1. The molecule has 2 aromatic carbocycles. The van der Waals surface area contributed by atoms with Crippen molar-refractivity contribution in [2.24, 2.45) is 0 Å². The number of fused-ring (bicyclic) bond motifs is 3. The van der Waals surface area contributed by atoms with E-state index in [-0.39, 0.29) is 0 Å². The van der Waals surface area contributed by atoms with Crippen LogP contribution in [0.4, 0.5) is 8.78 Å². The number of nitrogens with zero attached hydrogens (tertiary/aromatic N) is 4. The van der Waals surface area contributed by atoms with E-state index in [2.05, 4.69) is 10.1 Å². The first-order valence-electron chi connectivity index (χ1n) is 8.42. The Morgan fingerprint density at radius 3 is 2.75 bits per heavy atom. The van der Waals surface area contributed by atoms with Crippen LogP contribution in [0.25, 0.3) is 16.6 Å². The van der Waals surface area contributed by atoms with Gasteiger partial charge in [-0.1, -0.05) is 41.7 Å². The summed E-state index contributed by atoms with van der Waals surface area (Å²) in [6.45, 7) is 1.85. The Labute approximate surface area is 168 Å². The summed E-state index contributed by atoms with van der Waals surface area (Å²) in [5.41, 5.74) is 2.57. The number of methoxy groups -OCH3 is 1. The van der Waals surface area contributed by atoms with Crippen LogP contribution in [0.1, 0.15) is 11.4 Å². The number of para-hydroxylation sites is 1. The number of halogens is 2. The van der Waals surface area contributed by atoms with Gasteiger partial charge in [0.1, 0.15) is 11.6 Å². The van der Waals surface area contributed by atoms with Gasteiger partial charge in [-0.15, -0.1) is 5.10 Å². The van der Waals surface area contributed by atoms with Gasteiger partial charge in [0.2, 0.25) is 0 Å². The predicted octanol–water partition coefficient (Wildman–Crippen LogP) is 5.20. The largest absolute Gasteiger partial charge is 0.496 e. The molecule has 0 N–H and O–H groups in total. The molecule has 9 heteroatoms. The molecule has 0 saturated carbocycles. The van der Waals surface area contributed by atoms with E-state index in [1.54, 1.807) is 16.6 Å². The first kappa shape index (κ1) is 18.9. The molecule has 0 radical (unpaired) electrons.